The highest BCUT2D eigenvalue weighted by Gasteiger charge is 2.32. The second-order valence-corrected chi connectivity index (χ2v) is 11.8. The third-order valence-electron chi connectivity index (χ3n) is 8.34. The van der Waals surface area contributed by atoms with Crippen LogP contribution in [0.3, 0.4) is 0 Å². The highest BCUT2D eigenvalue weighted by atomic mass is 16.7. The average Bonchev–Trinajstić information content (AvgIpc) is 3.50. The Bertz CT molecular complexity index is 1670. The molecule has 2 aliphatic rings. The van der Waals surface area contributed by atoms with Crippen LogP contribution in [0, 0.1) is 0 Å². The standard InChI is InChI=1S/C36H39NO10/c1-21-7-5-11-25(38)10-4-2-3-8-24-16-28(40)34(35(43)33(24)36(44)47-21)27(22-13-14-30-31(17-22)46-20-45-30)18-32(42)37-19-29(41)23-9-6-12-26(39)15-23/h3,6,8-9,12-17,21,27,29,39-41,43H,2,4-5,7,10-11,18-20H2,1H3,(H,37,42)/t21-,27?,29?/m0/s1. The van der Waals surface area contributed by atoms with Crippen LogP contribution in [0.1, 0.15) is 96.5 Å². The van der Waals surface area contributed by atoms with E-state index in [0.717, 1.165) is 0 Å². The number of aromatic hydroxyl groups is 3. The molecular weight excluding hydrogens is 606 g/mol. The molecule has 11 nitrogen and oxygen atoms in total. The number of esters is 1. The number of fused-ring (bicyclic) bond motifs is 2. The summed E-state index contributed by atoms with van der Waals surface area (Å²) in [5.41, 5.74) is 0.917. The number of nitrogens with one attached hydrogen (secondary N) is 1. The maximum absolute atomic E-state index is 13.6. The van der Waals surface area contributed by atoms with E-state index in [1.165, 1.54) is 18.2 Å². The van der Waals surface area contributed by atoms with Gasteiger partial charge in [-0.2, -0.15) is 0 Å². The molecule has 0 radical (unpaired) electrons. The lowest BCUT2D eigenvalue weighted by Gasteiger charge is -2.23. The van der Waals surface area contributed by atoms with Crippen molar-refractivity contribution in [2.75, 3.05) is 13.3 Å². The minimum atomic E-state index is -1.11. The highest BCUT2D eigenvalue weighted by molar-refractivity contribution is 5.98. The summed E-state index contributed by atoms with van der Waals surface area (Å²) < 4.78 is 16.7. The number of hydrogen-bond acceptors (Lipinski definition) is 10. The molecule has 5 N–H and O–H groups in total. The van der Waals surface area contributed by atoms with Crippen molar-refractivity contribution in [3.63, 3.8) is 0 Å². The van der Waals surface area contributed by atoms with E-state index in [-0.39, 0.29) is 53.7 Å². The summed E-state index contributed by atoms with van der Waals surface area (Å²) in [7, 11) is 0. The van der Waals surface area contributed by atoms with Gasteiger partial charge in [-0.25, -0.2) is 4.79 Å². The fraction of sp³-hybridized carbons (Fsp3) is 0.361. The monoisotopic (exact) mass is 645 g/mol. The van der Waals surface area contributed by atoms with Gasteiger partial charge in [-0.3, -0.25) is 9.59 Å². The first-order chi connectivity index (χ1) is 22.6. The third kappa shape index (κ3) is 8.23. The fourth-order valence-electron chi connectivity index (χ4n) is 5.85. The number of ketones is 1. The lowest BCUT2D eigenvalue weighted by Crippen LogP contribution is -2.29. The van der Waals surface area contributed by atoms with Gasteiger partial charge in [-0.05, 0) is 79.6 Å². The molecule has 11 heteroatoms. The van der Waals surface area contributed by atoms with E-state index in [9.17, 15) is 34.8 Å². The maximum atomic E-state index is 13.6. The van der Waals surface area contributed by atoms with Gasteiger partial charge in [-0.1, -0.05) is 30.4 Å². The molecule has 3 atom stereocenters. The molecule has 3 aromatic carbocycles. The zero-order valence-corrected chi connectivity index (χ0v) is 26.1. The van der Waals surface area contributed by atoms with E-state index in [4.69, 9.17) is 14.2 Å². The van der Waals surface area contributed by atoms with E-state index in [0.29, 0.717) is 61.2 Å². The molecule has 2 aliphatic heterocycles. The summed E-state index contributed by atoms with van der Waals surface area (Å²) in [6.07, 6.45) is 4.47. The van der Waals surface area contributed by atoms with Crippen LogP contribution < -0.4 is 14.8 Å². The molecular formula is C36H39NO10. The van der Waals surface area contributed by atoms with Crippen LogP contribution in [0.2, 0.25) is 0 Å². The summed E-state index contributed by atoms with van der Waals surface area (Å²) in [6, 6.07) is 12.4. The van der Waals surface area contributed by atoms with Gasteiger partial charge in [0.2, 0.25) is 12.7 Å². The highest BCUT2D eigenvalue weighted by Crippen LogP contribution is 2.46. The Morgan fingerprint density at radius 1 is 0.979 bits per heavy atom. The first-order valence-corrected chi connectivity index (χ1v) is 15.7. The van der Waals surface area contributed by atoms with Gasteiger partial charge in [-0.15, -0.1) is 0 Å². The Balaban J connectivity index is 1.51. The molecule has 2 heterocycles. The van der Waals surface area contributed by atoms with Gasteiger partial charge >= 0.3 is 5.97 Å². The summed E-state index contributed by atoms with van der Waals surface area (Å²) >= 11 is 0. The fourth-order valence-corrected chi connectivity index (χ4v) is 5.85. The first-order valence-electron chi connectivity index (χ1n) is 15.7. The van der Waals surface area contributed by atoms with Crippen LogP contribution >= 0.6 is 0 Å². The van der Waals surface area contributed by atoms with Crippen molar-refractivity contribution >= 4 is 23.7 Å². The van der Waals surface area contributed by atoms with E-state index in [1.54, 1.807) is 49.4 Å². The molecule has 0 aromatic heterocycles. The van der Waals surface area contributed by atoms with E-state index in [1.807, 2.05) is 0 Å². The second-order valence-electron chi connectivity index (χ2n) is 11.8. The molecule has 5 rings (SSSR count). The Morgan fingerprint density at radius 2 is 1.77 bits per heavy atom. The molecule has 3 aromatic rings. The Morgan fingerprint density at radius 3 is 2.57 bits per heavy atom. The molecule has 248 valence electrons. The van der Waals surface area contributed by atoms with Crippen molar-refractivity contribution in [1.82, 2.24) is 5.32 Å². The number of ether oxygens (including phenoxy) is 3. The Kier molecular flexibility index (Phi) is 10.7. The molecule has 0 aliphatic carbocycles. The second kappa shape index (κ2) is 15.0. The number of allylic oxidation sites excluding steroid dienone is 1. The maximum Gasteiger partial charge on any atom is 0.342 e. The van der Waals surface area contributed by atoms with E-state index in [2.05, 4.69) is 5.32 Å². The Hall–Kier alpha value is -5.03. The van der Waals surface area contributed by atoms with Crippen molar-refractivity contribution in [2.45, 2.75) is 70.0 Å². The third-order valence-corrected chi connectivity index (χ3v) is 8.34. The van der Waals surface area contributed by atoms with Crippen LogP contribution in [0.5, 0.6) is 28.7 Å². The van der Waals surface area contributed by atoms with E-state index < -0.39 is 35.8 Å². The van der Waals surface area contributed by atoms with Crippen molar-refractivity contribution in [1.29, 1.82) is 0 Å². The van der Waals surface area contributed by atoms with Crippen molar-refractivity contribution < 1.29 is 49.0 Å². The molecule has 0 bridgehead atoms. The number of aliphatic hydroxyl groups is 1. The van der Waals surface area contributed by atoms with Gasteiger partial charge in [0, 0.05) is 37.3 Å². The number of benzene rings is 3. The predicted octanol–water partition coefficient (Wildman–Crippen LogP) is 5.39. The predicted molar refractivity (Wildman–Crippen MR) is 171 cm³/mol. The van der Waals surface area contributed by atoms with Crippen molar-refractivity contribution in [2.24, 2.45) is 0 Å². The van der Waals surface area contributed by atoms with Gasteiger partial charge < -0.3 is 40.0 Å². The van der Waals surface area contributed by atoms with Crippen molar-refractivity contribution in [3.05, 3.63) is 82.4 Å². The lowest BCUT2D eigenvalue weighted by atomic mass is 9.84. The first kappa shape index (κ1) is 33.3. The number of phenolic OH excluding ortho intramolecular Hbond substituents is 3. The molecule has 0 saturated heterocycles. The number of carbonyl (C=O) groups is 3. The normalized spacial score (nSPS) is 18.0. The van der Waals surface area contributed by atoms with Gasteiger partial charge in [0.05, 0.1) is 12.2 Å². The summed E-state index contributed by atoms with van der Waals surface area (Å²) in [6.45, 7) is 1.56. The van der Waals surface area contributed by atoms with E-state index >= 15 is 0 Å². The smallest absolute Gasteiger partial charge is 0.342 e. The van der Waals surface area contributed by atoms with Gasteiger partial charge in [0.15, 0.2) is 11.5 Å². The van der Waals surface area contributed by atoms with Crippen LogP contribution in [-0.2, 0) is 14.3 Å². The zero-order chi connectivity index (χ0) is 33.5. The van der Waals surface area contributed by atoms with Crippen LogP contribution in [0.15, 0.2) is 54.6 Å². The largest absolute Gasteiger partial charge is 0.508 e. The number of hydrogen-bond donors (Lipinski definition) is 5. The topological polar surface area (TPSA) is 172 Å². The van der Waals surface area contributed by atoms with Crippen LogP contribution in [0.25, 0.3) is 6.08 Å². The van der Waals surface area contributed by atoms with Gasteiger partial charge in [0.1, 0.15) is 28.6 Å². The zero-order valence-electron chi connectivity index (χ0n) is 26.1. The quantitative estimate of drug-likeness (QED) is 0.210. The SMILES string of the molecule is C[C@H]1CCCC(=O)CCCC=Cc2cc(O)c(C(CC(=O)NCC(O)c3cccc(O)c3)c3ccc4c(c3)OCO4)c(O)c2C(=O)O1. The number of rotatable bonds is 7. The lowest BCUT2D eigenvalue weighted by molar-refractivity contribution is -0.122. The number of amides is 1. The number of Topliss-reactive ketones (excluding diaryl/α,β-unsaturated/α-hetero) is 1. The average molecular weight is 646 g/mol. The van der Waals surface area contributed by atoms with Crippen LogP contribution in [0.4, 0.5) is 0 Å². The summed E-state index contributed by atoms with van der Waals surface area (Å²) in [4.78, 5) is 39.1. The molecule has 1 amide bonds. The summed E-state index contributed by atoms with van der Waals surface area (Å²) in [5.74, 6) is -2.13. The molecule has 0 saturated carbocycles. The van der Waals surface area contributed by atoms with Crippen LogP contribution in [-0.4, -0.2) is 57.5 Å². The molecule has 47 heavy (non-hydrogen) atoms. The number of phenols is 3. The number of aliphatic hydroxyl groups excluding tert-OH is 1. The molecule has 2 unspecified atom stereocenters. The summed E-state index contributed by atoms with van der Waals surface area (Å²) in [5, 5.41) is 46.2. The molecule has 0 fully saturated rings. The Labute approximate surface area is 272 Å². The minimum absolute atomic E-state index is 0.0106. The minimum Gasteiger partial charge on any atom is -0.508 e. The number of carbonyl (C=O) groups excluding carboxylic acids is 3. The van der Waals surface area contributed by atoms with Gasteiger partial charge in [0.25, 0.3) is 0 Å². The number of cyclic esters (lactones) is 1. The molecule has 0 spiro atoms. The van der Waals surface area contributed by atoms with Crippen molar-refractivity contribution in [3.8, 4) is 28.7 Å².